The lowest BCUT2D eigenvalue weighted by Crippen LogP contribution is -2.48. The summed E-state index contributed by atoms with van der Waals surface area (Å²) < 4.78 is 18.8. The van der Waals surface area contributed by atoms with Gasteiger partial charge in [0.25, 0.3) is 17.7 Å². The molecule has 9 heteroatoms. The molecule has 172 valence electrons. The highest BCUT2D eigenvalue weighted by Gasteiger charge is 2.41. The maximum absolute atomic E-state index is 13.8. The number of aryl methyl sites for hydroxylation is 1. The number of fused-ring (bicyclic) bond motifs is 1. The fourth-order valence-corrected chi connectivity index (χ4v) is 4.13. The minimum atomic E-state index is -0.512. The number of ether oxygens (including phenoxy) is 1. The van der Waals surface area contributed by atoms with Crippen molar-refractivity contribution in [2.45, 2.75) is 32.7 Å². The lowest BCUT2D eigenvalue weighted by atomic mass is 10.0. The van der Waals surface area contributed by atoms with Gasteiger partial charge in [-0.1, -0.05) is 6.07 Å². The standard InChI is InChI=1S/C24H24FN3O5/c1-3-33-24(32)27-10-8-17(9-11-27)28-22(30)18-7-5-15(12-19(18)23(28)31)21(29)26-16-6-4-14(2)20(25)13-16/h4-7,12-13,17H,3,8-11H2,1-2H3,(H,26,29). The maximum Gasteiger partial charge on any atom is 0.409 e. The number of nitrogens with zero attached hydrogens (tertiary/aromatic N) is 2. The summed E-state index contributed by atoms with van der Waals surface area (Å²) >= 11 is 0. The first-order valence-electron chi connectivity index (χ1n) is 10.8. The highest BCUT2D eigenvalue weighted by Crippen LogP contribution is 2.30. The number of piperidine rings is 1. The van der Waals surface area contributed by atoms with Crippen LogP contribution in [0.4, 0.5) is 14.9 Å². The number of benzene rings is 2. The third-order valence-corrected chi connectivity index (χ3v) is 5.97. The summed E-state index contributed by atoms with van der Waals surface area (Å²) in [7, 11) is 0. The molecule has 2 aromatic carbocycles. The van der Waals surface area contributed by atoms with Crippen molar-refractivity contribution in [3.63, 3.8) is 0 Å². The molecule has 1 saturated heterocycles. The number of likely N-dealkylation sites (tertiary alicyclic amines) is 1. The van der Waals surface area contributed by atoms with Crippen molar-refractivity contribution in [3.8, 4) is 0 Å². The van der Waals surface area contributed by atoms with Crippen LogP contribution >= 0.6 is 0 Å². The smallest absolute Gasteiger partial charge is 0.409 e. The Bertz CT molecular complexity index is 1140. The van der Waals surface area contributed by atoms with Crippen LogP contribution in [0.1, 0.15) is 56.4 Å². The minimum absolute atomic E-state index is 0.163. The Kier molecular flexibility index (Phi) is 6.13. The summed E-state index contributed by atoms with van der Waals surface area (Å²) in [5, 5.41) is 2.61. The van der Waals surface area contributed by atoms with Crippen LogP contribution in [0.2, 0.25) is 0 Å². The molecule has 0 aromatic heterocycles. The van der Waals surface area contributed by atoms with Crippen LogP contribution in [0.15, 0.2) is 36.4 Å². The van der Waals surface area contributed by atoms with Gasteiger partial charge in [0.05, 0.1) is 17.7 Å². The molecule has 0 aliphatic carbocycles. The third-order valence-electron chi connectivity index (χ3n) is 5.97. The summed E-state index contributed by atoms with van der Waals surface area (Å²) in [6.07, 6.45) is 0.509. The summed E-state index contributed by atoms with van der Waals surface area (Å²) in [6.45, 7) is 4.41. The van der Waals surface area contributed by atoms with Gasteiger partial charge in [0, 0.05) is 30.4 Å². The highest BCUT2D eigenvalue weighted by molar-refractivity contribution is 6.22. The Morgan fingerprint density at radius 2 is 1.76 bits per heavy atom. The molecular formula is C24H24FN3O5. The van der Waals surface area contributed by atoms with Gasteiger partial charge in [0.2, 0.25) is 0 Å². The fourth-order valence-electron chi connectivity index (χ4n) is 4.13. The minimum Gasteiger partial charge on any atom is -0.450 e. The van der Waals surface area contributed by atoms with Crippen molar-refractivity contribution in [3.05, 3.63) is 64.5 Å². The van der Waals surface area contributed by atoms with Crippen molar-refractivity contribution in [1.82, 2.24) is 9.80 Å². The van der Waals surface area contributed by atoms with Gasteiger partial charge in [-0.25, -0.2) is 9.18 Å². The van der Waals surface area contributed by atoms with Crippen LogP contribution in [0.5, 0.6) is 0 Å². The summed E-state index contributed by atoms with van der Waals surface area (Å²) in [5.74, 6) is -1.81. The van der Waals surface area contributed by atoms with Crippen molar-refractivity contribution in [2.75, 3.05) is 25.0 Å². The highest BCUT2D eigenvalue weighted by atomic mass is 19.1. The Morgan fingerprint density at radius 1 is 1.06 bits per heavy atom. The topological polar surface area (TPSA) is 96.0 Å². The zero-order valence-electron chi connectivity index (χ0n) is 18.4. The molecule has 0 atom stereocenters. The zero-order valence-corrected chi connectivity index (χ0v) is 18.4. The van der Waals surface area contributed by atoms with Crippen molar-refractivity contribution < 1.29 is 28.3 Å². The van der Waals surface area contributed by atoms with E-state index in [9.17, 15) is 23.6 Å². The predicted octanol–water partition coefficient (Wildman–Crippen LogP) is 3.60. The Hall–Kier alpha value is -3.75. The van der Waals surface area contributed by atoms with E-state index in [1.54, 1.807) is 30.9 Å². The molecule has 0 unspecified atom stereocenters. The third kappa shape index (κ3) is 4.30. The van der Waals surface area contributed by atoms with Crippen LogP contribution in [0.3, 0.4) is 0 Å². The summed E-state index contributed by atoms with van der Waals surface area (Å²) in [6, 6.07) is 8.35. The number of imide groups is 1. The zero-order chi connectivity index (χ0) is 23.7. The van der Waals surface area contributed by atoms with E-state index >= 15 is 0 Å². The second-order valence-corrected chi connectivity index (χ2v) is 8.08. The van der Waals surface area contributed by atoms with E-state index in [0.717, 1.165) is 0 Å². The second-order valence-electron chi connectivity index (χ2n) is 8.08. The molecule has 0 bridgehead atoms. The van der Waals surface area contributed by atoms with Crippen molar-refractivity contribution >= 4 is 29.5 Å². The number of anilines is 1. The first-order chi connectivity index (χ1) is 15.8. The maximum atomic E-state index is 13.8. The largest absolute Gasteiger partial charge is 0.450 e. The number of hydrogen-bond donors (Lipinski definition) is 1. The molecule has 0 saturated carbocycles. The molecule has 33 heavy (non-hydrogen) atoms. The van der Waals surface area contributed by atoms with E-state index in [2.05, 4.69) is 5.32 Å². The SMILES string of the molecule is CCOC(=O)N1CCC(N2C(=O)c3ccc(C(=O)Nc4ccc(C)c(F)c4)cc3C2=O)CC1. The molecule has 1 fully saturated rings. The average molecular weight is 453 g/mol. The lowest BCUT2D eigenvalue weighted by molar-refractivity contribution is 0.0485. The van der Waals surface area contributed by atoms with Crippen molar-refractivity contribution in [2.24, 2.45) is 0 Å². The predicted molar refractivity (Wildman–Crippen MR) is 118 cm³/mol. The van der Waals surface area contributed by atoms with Gasteiger partial charge in [0.1, 0.15) is 5.82 Å². The summed E-state index contributed by atoms with van der Waals surface area (Å²) in [5.41, 5.74) is 1.35. The number of rotatable bonds is 4. The Balaban J connectivity index is 1.47. The number of nitrogens with one attached hydrogen (secondary N) is 1. The van der Waals surface area contributed by atoms with Gasteiger partial charge in [0.15, 0.2) is 0 Å². The quantitative estimate of drug-likeness (QED) is 0.714. The molecule has 4 rings (SSSR count). The average Bonchev–Trinajstić information content (AvgIpc) is 3.06. The van der Waals surface area contributed by atoms with Gasteiger partial charge >= 0.3 is 6.09 Å². The van der Waals surface area contributed by atoms with Gasteiger partial charge in [-0.05, 0) is 62.6 Å². The summed E-state index contributed by atoms with van der Waals surface area (Å²) in [4.78, 5) is 53.3. The molecule has 2 aliphatic heterocycles. The number of amides is 4. The van der Waals surface area contributed by atoms with Gasteiger partial charge in [-0.3, -0.25) is 19.3 Å². The first-order valence-corrected chi connectivity index (χ1v) is 10.8. The van der Waals surface area contributed by atoms with Crippen molar-refractivity contribution in [1.29, 1.82) is 0 Å². The molecule has 0 radical (unpaired) electrons. The molecule has 8 nitrogen and oxygen atoms in total. The second kappa shape index (κ2) is 9.01. The lowest BCUT2D eigenvalue weighted by Gasteiger charge is -2.35. The number of halogens is 1. The van der Waals surface area contributed by atoms with E-state index in [1.807, 2.05) is 0 Å². The van der Waals surface area contributed by atoms with Crippen LogP contribution in [-0.4, -0.2) is 59.4 Å². The number of carbonyl (C=O) groups is 4. The van der Waals surface area contributed by atoms with Crippen LogP contribution < -0.4 is 5.32 Å². The molecular weight excluding hydrogens is 429 g/mol. The molecule has 2 aromatic rings. The molecule has 0 spiro atoms. The van der Waals surface area contributed by atoms with E-state index in [1.165, 1.54) is 29.2 Å². The molecule has 4 amide bonds. The van der Waals surface area contributed by atoms with Gasteiger partial charge in [-0.2, -0.15) is 0 Å². The van der Waals surface area contributed by atoms with E-state index < -0.39 is 29.6 Å². The molecule has 1 N–H and O–H groups in total. The number of hydrogen-bond acceptors (Lipinski definition) is 5. The van der Waals surface area contributed by atoms with Crippen LogP contribution in [0, 0.1) is 12.7 Å². The van der Waals surface area contributed by atoms with E-state index in [-0.39, 0.29) is 29.3 Å². The normalized spacial score (nSPS) is 16.1. The Labute approximate surface area is 190 Å². The Morgan fingerprint density at radius 3 is 2.42 bits per heavy atom. The van der Waals surface area contributed by atoms with Crippen LogP contribution in [0.25, 0.3) is 0 Å². The first kappa shape index (κ1) is 22.4. The van der Waals surface area contributed by atoms with Gasteiger partial charge < -0.3 is 15.0 Å². The van der Waals surface area contributed by atoms with E-state index in [4.69, 9.17) is 4.74 Å². The number of carbonyl (C=O) groups excluding carboxylic acids is 4. The monoisotopic (exact) mass is 453 g/mol. The fraction of sp³-hybridized carbons (Fsp3) is 0.333. The van der Waals surface area contributed by atoms with E-state index in [0.29, 0.717) is 37.2 Å². The van der Waals surface area contributed by atoms with Gasteiger partial charge in [-0.15, -0.1) is 0 Å². The molecule has 2 heterocycles. The molecule has 2 aliphatic rings. The van der Waals surface area contributed by atoms with Crippen LogP contribution in [-0.2, 0) is 4.74 Å².